The number of hydrogen-bond donors (Lipinski definition) is 0. The third-order valence-corrected chi connectivity index (χ3v) is 2.90. The van der Waals surface area contributed by atoms with Crippen molar-refractivity contribution >= 4 is 11.6 Å². The second kappa shape index (κ2) is 4.61. The quantitative estimate of drug-likeness (QED) is 0.690. The second-order valence-corrected chi connectivity index (χ2v) is 4.12. The number of nitrogens with zero attached hydrogens (tertiary/aromatic N) is 3. The van der Waals surface area contributed by atoms with Crippen molar-refractivity contribution in [1.82, 2.24) is 9.88 Å². The molecule has 1 saturated heterocycles. The van der Waals surface area contributed by atoms with E-state index in [0.717, 1.165) is 32.0 Å². The molecule has 0 amide bonds. The number of anilines is 1. The molecular weight excluding hydrogens is 202 g/mol. The Labute approximate surface area is 95.9 Å². The molecule has 0 unspecified atom stereocenters. The molecule has 0 atom stereocenters. The SMILES string of the molecule is [CH2]C(=O)c1ccc(N2CCN(C)CC2)nc1. The summed E-state index contributed by atoms with van der Waals surface area (Å²) in [5.41, 5.74) is 0.567. The van der Waals surface area contributed by atoms with Gasteiger partial charge in [-0.25, -0.2) is 4.98 Å². The van der Waals surface area contributed by atoms with Crippen molar-refractivity contribution in [2.24, 2.45) is 0 Å². The monoisotopic (exact) mass is 218 g/mol. The van der Waals surface area contributed by atoms with Crippen LogP contribution in [0.3, 0.4) is 0 Å². The highest BCUT2D eigenvalue weighted by Gasteiger charge is 2.15. The van der Waals surface area contributed by atoms with Gasteiger partial charge in [0.15, 0.2) is 5.78 Å². The van der Waals surface area contributed by atoms with Crippen LogP contribution in [0.5, 0.6) is 0 Å². The molecule has 1 aliphatic rings. The van der Waals surface area contributed by atoms with Crippen LogP contribution >= 0.6 is 0 Å². The van der Waals surface area contributed by atoms with Gasteiger partial charge in [-0.15, -0.1) is 0 Å². The topological polar surface area (TPSA) is 36.4 Å². The average molecular weight is 218 g/mol. The van der Waals surface area contributed by atoms with Crippen LogP contribution in [-0.2, 0) is 0 Å². The molecule has 1 aromatic rings. The largest absolute Gasteiger partial charge is 0.354 e. The number of pyridine rings is 1. The number of ketones is 1. The van der Waals surface area contributed by atoms with Crippen LogP contribution in [0.1, 0.15) is 10.4 Å². The van der Waals surface area contributed by atoms with Crippen molar-refractivity contribution in [2.45, 2.75) is 0 Å². The van der Waals surface area contributed by atoms with Gasteiger partial charge >= 0.3 is 0 Å². The van der Waals surface area contributed by atoms with Crippen molar-refractivity contribution in [3.8, 4) is 0 Å². The Morgan fingerprint density at radius 1 is 1.31 bits per heavy atom. The smallest absolute Gasteiger partial charge is 0.164 e. The van der Waals surface area contributed by atoms with Gasteiger partial charge in [0.05, 0.1) is 0 Å². The number of rotatable bonds is 2. The van der Waals surface area contributed by atoms with E-state index in [1.807, 2.05) is 6.07 Å². The summed E-state index contributed by atoms with van der Waals surface area (Å²) < 4.78 is 0. The zero-order valence-corrected chi connectivity index (χ0v) is 9.52. The number of Topliss-reactive ketones (excluding diaryl/α,β-unsaturated/α-hetero) is 1. The van der Waals surface area contributed by atoms with Crippen LogP contribution in [-0.4, -0.2) is 48.9 Å². The fraction of sp³-hybridized carbons (Fsp3) is 0.417. The minimum Gasteiger partial charge on any atom is -0.354 e. The molecule has 1 aliphatic heterocycles. The molecule has 1 radical (unpaired) electrons. The Bertz CT molecular complexity index is 366. The highest BCUT2D eigenvalue weighted by atomic mass is 16.1. The molecule has 85 valence electrons. The maximum atomic E-state index is 11.0. The summed E-state index contributed by atoms with van der Waals surface area (Å²) in [6.07, 6.45) is 1.60. The Kier molecular flexibility index (Phi) is 3.19. The minimum absolute atomic E-state index is 0.183. The van der Waals surface area contributed by atoms with E-state index in [1.54, 1.807) is 12.3 Å². The first-order valence-electron chi connectivity index (χ1n) is 5.42. The van der Waals surface area contributed by atoms with E-state index in [1.165, 1.54) is 0 Å². The predicted octanol–water partition coefficient (Wildman–Crippen LogP) is 0.850. The molecule has 0 bridgehead atoms. The normalized spacial score (nSPS) is 17.5. The fourth-order valence-corrected chi connectivity index (χ4v) is 1.77. The third kappa shape index (κ3) is 2.39. The molecular formula is C12H16N3O. The summed E-state index contributed by atoms with van der Waals surface area (Å²) in [6.45, 7) is 7.44. The molecule has 0 spiro atoms. The van der Waals surface area contributed by atoms with Crippen molar-refractivity contribution < 1.29 is 4.79 Å². The van der Waals surface area contributed by atoms with Crippen LogP contribution in [0.4, 0.5) is 5.82 Å². The van der Waals surface area contributed by atoms with E-state index in [0.29, 0.717) is 5.56 Å². The first-order chi connectivity index (χ1) is 7.66. The molecule has 1 fully saturated rings. The van der Waals surface area contributed by atoms with E-state index < -0.39 is 0 Å². The van der Waals surface area contributed by atoms with Gasteiger partial charge in [-0.05, 0) is 19.2 Å². The molecule has 0 N–H and O–H groups in total. The predicted molar refractivity (Wildman–Crippen MR) is 63.6 cm³/mol. The molecule has 2 rings (SSSR count). The molecule has 2 heterocycles. The van der Waals surface area contributed by atoms with Gasteiger partial charge in [0, 0.05) is 44.9 Å². The summed E-state index contributed by atoms with van der Waals surface area (Å²) in [5, 5.41) is 0. The Morgan fingerprint density at radius 3 is 2.50 bits per heavy atom. The van der Waals surface area contributed by atoms with Crippen molar-refractivity contribution in [3.05, 3.63) is 30.8 Å². The first kappa shape index (κ1) is 11.1. The number of likely N-dealkylation sites (N-methyl/N-ethyl adjacent to an activating group) is 1. The Hall–Kier alpha value is -1.42. The van der Waals surface area contributed by atoms with Gasteiger partial charge in [-0.3, -0.25) is 4.79 Å². The number of aromatic nitrogens is 1. The Morgan fingerprint density at radius 2 is 2.00 bits per heavy atom. The number of carbonyl (C=O) groups excluding carboxylic acids is 1. The van der Waals surface area contributed by atoms with E-state index in [4.69, 9.17) is 0 Å². The number of hydrogen-bond acceptors (Lipinski definition) is 4. The van der Waals surface area contributed by atoms with E-state index >= 15 is 0 Å². The summed E-state index contributed by atoms with van der Waals surface area (Å²) in [6, 6.07) is 3.68. The summed E-state index contributed by atoms with van der Waals surface area (Å²) in [7, 11) is 2.12. The third-order valence-electron chi connectivity index (χ3n) is 2.90. The van der Waals surface area contributed by atoms with Crippen molar-refractivity contribution in [2.75, 3.05) is 38.1 Å². The van der Waals surface area contributed by atoms with Crippen LogP contribution in [0.2, 0.25) is 0 Å². The summed E-state index contributed by atoms with van der Waals surface area (Å²) in [5.74, 6) is 0.760. The minimum atomic E-state index is -0.183. The number of piperazine rings is 1. The van der Waals surface area contributed by atoms with E-state index in [2.05, 4.69) is 28.8 Å². The van der Waals surface area contributed by atoms with Gasteiger partial charge in [-0.2, -0.15) is 0 Å². The lowest BCUT2D eigenvalue weighted by Crippen LogP contribution is -2.44. The van der Waals surface area contributed by atoms with Crippen molar-refractivity contribution in [3.63, 3.8) is 0 Å². The van der Waals surface area contributed by atoms with Crippen LogP contribution in [0.25, 0.3) is 0 Å². The lowest BCUT2D eigenvalue weighted by atomic mass is 10.2. The van der Waals surface area contributed by atoms with Gasteiger partial charge in [0.25, 0.3) is 0 Å². The molecule has 0 aliphatic carbocycles. The fourth-order valence-electron chi connectivity index (χ4n) is 1.77. The van der Waals surface area contributed by atoms with E-state index in [9.17, 15) is 4.79 Å². The van der Waals surface area contributed by atoms with Crippen molar-refractivity contribution in [1.29, 1.82) is 0 Å². The molecule has 0 aromatic carbocycles. The lowest BCUT2D eigenvalue weighted by molar-refractivity contribution is 0.104. The van der Waals surface area contributed by atoms with Gasteiger partial charge < -0.3 is 9.80 Å². The standard InChI is InChI=1S/C12H16N3O/c1-10(16)11-3-4-12(13-9-11)15-7-5-14(2)6-8-15/h3-4,9H,1,5-8H2,2H3. The number of carbonyl (C=O) groups is 1. The highest BCUT2D eigenvalue weighted by molar-refractivity contribution is 5.99. The molecule has 4 nitrogen and oxygen atoms in total. The molecule has 1 aromatic heterocycles. The van der Waals surface area contributed by atoms with Crippen LogP contribution in [0, 0.1) is 6.92 Å². The molecule has 16 heavy (non-hydrogen) atoms. The average Bonchev–Trinajstić information content (AvgIpc) is 2.30. The summed E-state index contributed by atoms with van der Waals surface area (Å²) in [4.78, 5) is 19.8. The first-order valence-corrected chi connectivity index (χ1v) is 5.42. The van der Waals surface area contributed by atoms with Crippen LogP contribution in [0.15, 0.2) is 18.3 Å². The molecule has 0 saturated carbocycles. The maximum Gasteiger partial charge on any atom is 0.164 e. The second-order valence-electron chi connectivity index (χ2n) is 4.12. The van der Waals surface area contributed by atoms with E-state index in [-0.39, 0.29) is 5.78 Å². The van der Waals surface area contributed by atoms with Gasteiger partial charge in [0.1, 0.15) is 5.82 Å². The maximum absolute atomic E-state index is 11.0. The lowest BCUT2D eigenvalue weighted by Gasteiger charge is -2.33. The van der Waals surface area contributed by atoms with Crippen LogP contribution < -0.4 is 4.90 Å². The van der Waals surface area contributed by atoms with Gasteiger partial charge in [0.2, 0.25) is 0 Å². The highest BCUT2D eigenvalue weighted by Crippen LogP contribution is 2.13. The Balaban J connectivity index is 2.07. The zero-order chi connectivity index (χ0) is 11.5. The molecule has 4 heteroatoms. The zero-order valence-electron chi connectivity index (χ0n) is 9.52. The summed E-state index contributed by atoms with van der Waals surface area (Å²) >= 11 is 0. The van der Waals surface area contributed by atoms with Gasteiger partial charge in [-0.1, -0.05) is 0 Å².